The molecule has 10 rings (SSSR count). The van der Waals surface area contributed by atoms with Crippen LogP contribution in [0.3, 0.4) is 0 Å². The van der Waals surface area contributed by atoms with Crippen molar-refractivity contribution >= 4 is 75.1 Å². The number of rotatable bonds is 5. The van der Waals surface area contributed by atoms with E-state index in [1.54, 1.807) is 0 Å². The number of thiophene rings is 1. The van der Waals surface area contributed by atoms with Gasteiger partial charge in [-0.3, -0.25) is 0 Å². The number of hydrogen-bond donors (Lipinski definition) is 0. The predicted molar refractivity (Wildman–Crippen MR) is 202 cm³/mol. The van der Waals surface area contributed by atoms with E-state index in [0.717, 1.165) is 12.8 Å². The number of aromatic nitrogens is 2. The molecule has 0 unspecified atom stereocenters. The normalized spacial score (nSPS) is 12.0. The summed E-state index contributed by atoms with van der Waals surface area (Å²) in [6, 6.07) is 58.1. The van der Waals surface area contributed by atoms with Crippen molar-refractivity contribution in [1.29, 1.82) is 0 Å². The van der Waals surface area contributed by atoms with Gasteiger partial charge in [0, 0.05) is 53.1 Å². The molecule has 0 radical (unpaired) electrons. The Morgan fingerprint density at radius 3 is 1.51 bits per heavy atom. The average molecular weight is 619 g/mol. The molecule has 0 N–H and O–H groups in total. The van der Waals surface area contributed by atoms with E-state index < -0.39 is 0 Å². The first-order valence-electron chi connectivity index (χ1n) is 16.3. The lowest BCUT2D eigenvalue weighted by atomic mass is 10.0. The maximum atomic E-state index is 2.44. The number of fused-ring (bicyclic) bond motifs is 9. The smallest absolute Gasteiger partial charge is 0.0541 e. The largest absolute Gasteiger partial charge is 0.309 e. The Morgan fingerprint density at radius 1 is 0.340 bits per heavy atom. The Balaban J connectivity index is 1.03. The molecule has 0 aliphatic carbocycles. The highest BCUT2D eigenvalue weighted by molar-refractivity contribution is 7.25. The van der Waals surface area contributed by atoms with Gasteiger partial charge < -0.3 is 9.13 Å². The van der Waals surface area contributed by atoms with Gasteiger partial charge in [0.15, 0.2) is 0 Å². The van der Waals surface area contributed by atoms with Crippen molar-refractivity contribution < 1.29 is 0 Å². The van der Waals surface area contributed by atoms with E-state index in [-0.39, 0.29) is 0 Å². The highest BCUT2D eigenvalue weighted by atomic mass is 32.1. The molecule has 47 heavy (non-hydrogen) atoms. The SMILES string of the molecule is c1ccc(-n2c3ccccc3c3cc(CCc4ccc5c(c4)c4ccccc4n5-c4ccc5sc6ccccc6c5c4)ccc32)cc1. The van der Waals surface area contributed by atoms with Crippen LogP contribution in [0.2, 0.25) is 0 Å². The third-order valence-electron chi connectivity index (χ3n) is 9.81. The number of nitrogens with zero attached hydrogens (tertiary/aromatic N) is 2. The summed E-state index contributed by atoms with van der Waals surface area (Å²) in [5.74, 6) is 0. The Kier molecular flexibility index (Phi) is 5.91. The second-order valence-electron chi connectivity index (χ2n) is 12.5. The molecule has 0 saturated heterocycles. The predicted octanol–water partition coefficient (Wildman–Crippen LogP) is 12.0. The van der Waals surface area contributed by atoms with Gasteiger partial charge in [0.2, 0.25) is 0 Å². The van der Waals surface area contributed by atoms with Crippen LogP contribution in [-0.2, 0) is 12.8 Å². The van der Waals surface area contributed by atoms with Crippen LogP contribution >= 0.6 is 11.3 Å². The van der Waals surface area contributed by atoms with Gasteiger partial charge in [-0.05, 0) is 96.8 Å². The van der Waals surface area contributed by atoms with Gasteiger partial charge in [0.05, 0.1) is 22.1 Å². The summed E-state index contributed by atoms with van der Waals surface area (Å²) in [5, 5.41) is 7.89. The number of aryl methyl sites for hydroxylation is 2. The number of hydrogen-bond acceptors (Lipinski definition) is 1. The molecule has 7 aromatic carbocycles. The van der Waals surface area contributed by atoms with Gasteiger partial charge in [-0.15, -0.1) is 11.3 Å². The third-order valence-corrected chi connectivity index (χ3v) is 11.0. The van der Waals surface area contributed by atoms with Crippen molar-refractivity contribution in [3.63, 3.8) is 0 Å². The van der Waals surface area contributed by atoms with Crippen LogP contribution in [0.25, 0.3) is 75.2 Å². The fourth-order valence-corrected chi connectivity index (χ4v) is 8.71. The first-order valence-corrected chi connectivity index (χ1v) is 17.1. The van der Waals surface area contributed by atoms with E-state index >= 15 is 0 Å². The summed E-state index contributed by atoms with van der Waals surface area (Å²) in [6.45, 7) is 0. The minimum absolute atomic E-state index is 0.991. The second kappa shape index (κ2) is 10.4. The molecule has 0 bridgehead atoms. The van der Waals surface area contributed by atoms with E-state index in [2.05, 4.69) is 167 Å². The molecule has 222 valence electrons. The summed E-state index contributed by atoms with van der Waals surface area (Å²) in [5.41, 5.74) is 10.1. The molecule has 10 aromatic rings. The number of benzene rings is 7. The molecule has 3 heterocycles. The zero-order chi connectivity index (χ0) is 30.9. The molecule has 0 atom stereocenters. The lowest BCUT2D eigenvalue weighted by Crippen LogP contribution is -1.95. The summed E-state index contributed by atoms with van der Waals surface area (Å²) in [6.07, 6.45) is 1.98. The van der Waals surface area contributed by atoms with Crippen LogP contribution in [0.15, 0.2) is 158 Å². The zero-order valence-corrected chi connectivity index (χ0v) is 26.5. The van der Waals surface area contributed by atoms with Gasteiger partial charge in [0.25, 0.3) is 0 Å². The van der Waals surface area contributed by atoms with E-state index in [0.29, 0.717) is 0 Å². The Bertz CT molecular complexity index is 2800. The zero-order valence-electron chi connectivity index (χ0n) is 25.7. The van der Waals surface area contributed by atoms with E-state index in [4.69, 9.17) is 0 Å². The summed E-state index contributed by atoms with van der Waals surface area (Å²) >= 11 is 1.87. The topological polar surface area (TPSA) is 9.86 Å². The van der Waals surface area contributed by atoms with Gasteiger partial charge >= 0.3 is 0 Å². The monoisotopic (exact) mass is 618 g/mol. The molecule has 0 spiro atoms. The molecule has 3 heteroatoms. The number of para-hydroxylation sites is 3. The maximum Gasteiger partial charge on any atom is 0.0541 e. The fourth-order valence-electron chi connectivity index (χ4n) is 7.63. The van der Waals surface area contributed by atoms with E-state index in [1.165, 1.54) is 86.3 Å². The van der Waals surface area contributed by atoms with Gasteiger partial charge in [0.1, 0.15) is 0 Å². The van der Waals surface area contributed by atoms with Crippen LogP contribution in [0, 0.1) is 0 Å². The Morgan fingerprint density at radius 2 is 0.851 bits per heavy atom. The Labute approximate surface area is 276 Å². The minimum atomic E-state index is 0.991. The molecular weight excluding hydrogens is 589 g/mol. The van der Waals surface area contributed by atoms with Crippen molar-refractivity contribution in [2.24, 2.45) is 0 Å². The molecule has 0 saturated carbocycles. The lowest BCUT2D eigenvalue weighted by molar-refractivity contribution is 0.964. The van der Waals surface area contributed by atoms with Gasteiger partial charge in [-0.25, -0.2) is 0 Å². The molecule has 2 nitrogen and oxygen atoms in total. The van der Waals surface area contributed by atoms with E-state index in [9.17, 15) is 0 Å². The van der Waals surface area contributed by atoms with Crippen LogP contribution in [0.5, 0.6) is 0 Å². The van der Waals surface area contributed by atoms with Crippen LogP contribution in [-0.4, -0.2) is 9.13 Å². The average Bonchev–Trinajstić information content (AvgIpc) is 3.78. The van der Waals surface area contributed by atoms with Crippen LogP contribution in [0.1, 0.15) is 11.1 Å². The Hall–Kier alpha value is -5.64. The molecule has 3 aromatic heterocycles. The first kappa shape index (κ1) is 26.6. The summed E-state index contributed by atoms with van der Waals surface area (Å²) in [4.78, 5) is 0. The van der Waals surface area contributed by atoms with E-state index in [1.807, 2.05) is 11.3 Å². The molecular formula is C44H30N2S. The van der Waals surface area contributed by atoms with Crippen molar-refractivity contribution in [2.75, 3.05) is 0 Å². The first-order chi connectivity index (χ1) is 23.3. The second-order valence-corrected chi connectivity index (χ2v) is 13.6. The van der Waals surface area contributed by atoms with Crippen LogP contribution in [0.4, 0.5) is 0 Å². The van der Waals surface area contributed by atoms with Crippen molar-refractivity contribution in [2.45, 2.75) is 12.8 Å². The highest BCUT2D eigenvalue weighted by Gasteiger charge is 2.15. The standard InChI is InChI=1S/C44H30N2S/c1-2-10-31(11-3-1)45-39-15-7-4-12-33(39)36-26-29(20-23-41(36)45)18-19-30-21-24-42-37(27-30)34-13-5-8-16-40(34)46(42)32-22-25-44-38(28-32)35-14-6-9-17-43(35)47-44/h1-17,20-28H,18-19H2. The van der Waals surface area contributed by atoms with Gasteiger partial charge in [-0.2, -0.15) is 0 Å². The van der Waals surface area contributed by atoms with Gasteiger partial charge in [-0.1, -0.05) is 84.9 Å². The summed E-state index contributed by atoms with van der Waals surface area (Å²) < 4.78 is 7.50. The van der Waals surface area contributed by atoms with Crippen molar-refractivity contribution in [3.8, 4) is 11.4 Å². The fraction of sp³-hybridized carbons (Fsp3) is 0.0455. The maximum absolute atomic E-state index is 2.44. The van der Waals surface area contributed by atoms with Crippen molar-refractivity contribution in [1.82, 2.24) is 9.13 Å². The minimum Gasteiger partial charge on any atom is -0.309 e. The molecule has 0 fully saturated rings. The van der Waals surface area contributed by atoms with Crippen molar-refractivity contribution in [3.05, 3.63) is 169 Å². The highest BCUT2D eigenvalue weighted by Crippen LogP contribution is 2.38. The molecule has 0 aliphatic rings. The summed E-state index contributed by atoms with van der Waals surface area (Å²) in [7, 11) is 0. The van der Waals surface area contributed by atoms with Crippen LogP contribution < -0.4 is 0 Å². The molecule has 0 amide bonds. The quantitative estimate of drug-likeness (QED) is 0.182. The lowest BCUT2D eigenvalue weighted by Gasteiger charge is -2.09. The molecule has 0 aliphatic heterocycles. The third kappa shape index (κ3) is 4.17.